The summed E-state index contributed by atoms with van der Waals surface area (Å²) in [5.41, 5.74) is 0. The number of nitrogens with one attached hydrogen (secondary N) is 1. The maximum Gasteiger partial charge on any atom is 0.0812 e. The Morgan fingerprint density at radius 2 is 2.50 bits per heavy atom. The molecule has 0 radical (unpaired) electrons. The van der Waals surface area contributed by atoms with E-state index in [1.165, 1.54) is 0 Å². The minimum atomic E-state index is 0.365. The van der Waals surface area contributed by atoms with E-state index in [4.69, 9.17) is 4.84 Å². The molecule has 0 aromatic heterocycles. The predicted molar refractivity (Wildman–Crippen MR) is 31.2 cm³/mol. The van der Waals surface area contributed by atoms with Gasteiger partial charge in [-0.1, -0.05) is 0 Å². The first-order chi connectivity index (χ1) is 3.80. The molecule has 1 fully saturated rings. The van der Waals surface area contributed by atoms with Crippen LogP contribution in [0.4, 0.5) is 0 Å². The summed E-state index contributed by atoms with van der Waals surface area (Å²) < 4.78 is 0. The van der Waals surface area contributed by atoms with E-state index in [9.17, 15) is 0 Å². The van der Waals surface area contributed by atoms with Gasteiger partial charge in [0.25, 0.3) is 0 Å². The van der Waals surface area contributed by atoms with Crippen molar-refractivity contribution in [2.75, 3.05) is 20.2 Å². The lowest BCUT2D eigenvalue weighted by Gasteiger charge is -2.29. The highest BCUT2D eigenvalue weighted by molar-refractivity contribution is 4.57. The Morgan fingerprint density at radius 3 is 2.88 bits per heavy atom. The molecule has 1 N–H and O–H groups in total. The molecule has 0 amide bonds. The molecule has 0 saturated carbocycles. The van der Waals surface area contributed by atoms with Gasteiger partial charge in [0.05, 0.1) is 12.8 Å². The van der Waals surface area contributed by atoms with Crippen LogP contribution in [0.25, 0.3) is 0 Å². The number of rotatable bonds is 0. The largest absolute Gasteiger partial charge is 0.298 e. The minimum absolute atomic E-state index is 0.365. The van der Waals surface area contributed by atoms with Gasteiger partial charge in [-0.3, -0.25) is 10.2 Å². The van der Waals surface area contributed by atoms with Crippen LogP contribution in [0.5, 0.6) is 0 Å². The van der Waals surface area contributed by atoms with Crippen molar-refractivity contribution >= 4 is 0 Å². The van der Waals surface area contributed by atoms with E-state index in [2.05, 4.69) is 12.2 Å². The van der Waals surface area contributed by atoms with Crippen molar-refractivity contribution < 1.29 is 4.84 Å². The molecule has 0 aromatic carbocycles. The molecule has 8 heavy (non-hydrogen) atoms. The summed E-state index contributed by atoms with van der Waals surface area (Å²) in [7, 11) is 1.93. The first-order valence-electron chi connectivity index (χ1n) is 2.90. The van der Waals surface area contributed by atoms with Gasteiger partial charge in [0.1, 0.15) is 0 Å². The van der Waals surface area contributed by atoms with Gasteiger partial charge in [0.15, 0.2) is 0 Å². The molecule has 3 heteroatoms. The fourth-order valence-corrected chi connectivity index (χ4v) is 0.698. The molecule has 0 spiro atoms. The van der Waals surface area contributed by atoms with Gasteiger partial charge in [-0.2, -0.15) is 5.06 Å². The second-order valence-electron chi connectivity index (χ2n) is 2.01. The summed E-state index contributed by atoms with van der Waals surface area (Å²) >= 11 is 0. The van der Waals surface area contributed by atoms with Gasteiger partial charge in [0, 0.05) is 13.6 Å². The smallest absolute Gasteiger partial charge is 0.0812 e. The van der Waals surface area contributed by atoms with E-state index in [-0.39, 0.29) is 0 Å². The second kappa shape index (κ2) is 2.44. The number of hydroxylamine groups is 2. The van der Waals surface area contributed by atoms with Crippen molar-refractivity contribution in [3.05, 3.63) is 0 Å². The highest BCUT2D eigenvalue weighted by Gasteiger charge is 2.12. The lowest BCUT2D eigenvalue weighted by molar-refractivity contribution is -0.192. The predicted octanol–water partition coefficient (Wildman–Crippen LogP) is -0.201. The maximum atomic E-state index is 5.16. The van der Waals surface area contributed by atoms with Gasteiger partial charge < -0.3 is 0 Å². The first kappa shape index (κ1) is 6.01. The molecule has 1 aliphatic rings. The Bertz CT molecular complexity index is 66.8. The Hall–Kier alpha value is -0.120. The van der Waals surface area contributed by atoms with Gasteiger partial charge >= 0.3 is 0 Å². The average Bonchev–Trinajstić information content (AvgIpc) is 1.77. The van der Waals surface area contributed by atoms with E-state index in [1.807, 2.05) is 12.1 Å². The first-order valence-corrected chi connectivity index (χ1v) is 2.90. The van der Waals surface area contributed by atoms with E-state index < -0.39 is 0 Å². The summed E-state index contributed by atoms with van der Waals surface area (Å²) in [4.78, 5) is 5.16. The van der Waals surface area contributed by atoms with Gasteiger partial charge in [-0.25, -0.2) is 0 Å². The van der Waals surface area contributed by atoms with Crippen molar-refractivity contribution in [2.45, 2.75) is 13.1 Å². The van der Waals surface area contributed by atoms with E-state index >= 15 is 0 Å². The topological polar surface area (TPSA) is 24.5 Å². The molecule has 0 bridgehead atoms. The van der Waals surface area contributed by atoms with Gasteiger partial charge in [0.2, 0.25) is 0 Å². The summed E-state index contributed by atoms with van der Waals surface area (Å²) in [6.45, 7) is 3.82. The molecule has 1 atom stereocenters. The third kappa shape index (κ3) is 1.18. The minimum Gasteiger partial charge on any atom is -0.298 e. The van der Waals surface area contributed by atoms with E-state index in [1.54, 1.807) is 0 Å². The Kier molecular flexibility index (Phi) is 1.83. The van der Waals surface area contributed by atoms with Crippen LogP contribution in [0.1, 0.15) is 6.92 Å². The SMILES string of the molecule is C[C@H]1NCCON1C. The lowest BCUT2D eigenvalue weighted by atomic mass is 10.5. The molecule has 1 rings (SSSR count). The monoisotopic (exact) mass is 116 g/mol. The van der Waals surface area contributed by atoms with E-state index in [0.29, 0.717) is 6.17 Å². The zero-order chi connectivity index (χ0) is 5.98. The lowest BCUT2D eigenvalue weighted by Crippen LogP contribution is -2.48. The van der Waals surface area contributed by atoms with Crippen molar-refractivity contribution in [2.24, 2.45) is 0 Å². The summed E-state index contributed by atoms with van der Waals surface area (Å²) in [6, 6.07) is 0. The molecule has 0 aromatic rings. The van der Waals surface area contributed by atoms with Crippen LogP contribution in [0.2, 0.25) is 0 Å². The molecule has 1 saturated heterocycles. The third-order valence-corrected chi connectivity index (χ3v) is 1.38. The van der Waals surface area contributed by atoms with Crippen LogP contribution < -0.4 is 5.32 Å². The zero-order valence-electron chi connectivity index (χ0n) is 5.35. The van der Waals surface area contributed by atoms with Crippen LogP contribution in [-0.2, 0) is 4.84 Å². The summed E-state index contributed by atoms with van der Waals surface area (Å²) in [6.07, 6.45) is 0.365. The number of hydrogen-bond acceptors (Lipinski definition) is 3. The normalized spacial score (nSPS) is 33.0. The second-order valence-corrected chi connectivity index (χ2v) is 2.01. The highest BCUT2D eigenvalue weighted by Crippen LogP contribution is 1.95. The molecule has 3 nitrogen and oxygen atoms in total. The van der Waals surface area contributed by atoms with Crippen LogP contribution in [0.3, 0.4) is 0 Å². The van der Waals surface area contributed by atoms with Gasteiger partial charge in [-0.15, -0.1) is 0 Å². The number of hydrogen-bond donors (Lipinski definition) is 1. The van der Waals surface area contributed by atoms with Crippen molar-refractivity contribution in [1.82, 2.24) is 10.4 Å². The quantitative estimate of drug-likeness (QED) is 0.474. The Morgan fingerprint density at radius 1 is 1.75 bits per heavy atom. The van der Waals surface area contributed by atoms with Crippen LogP contribution >= 0.6 is 0 Å². The Labute approximate surface area is 49.6 Å². The standard InChI is InChI=1S/C5H12N2O/c1-5-6-3-4-8-7(5)2/h5-6H,3-4H2,1-2H3/t5-/m0/s1. The molecule has 0 aliphatic carbocycles. The Balaban J connectivity index is 2.28. The molecular weight excluding hydrogens is 104 g/mol. The molecule has 0 unspecified atom stereocenters. The molecular formula is C5H12N2O. The molecule has 48 valence electrons. The number of nitrogens with zero attached hydrogens (tertiary/aromatic N) is 1. The zero-order valence-corrected chi connectivity index (χ0v) is 5.35. The maximum absolute atomic E-state index is 5.16. The fourth-order valence-electron chi connectivity index (χ4n) is 0.698. The third-order valence-electron chi connectivity index (χ3n) is 1.38. The van der Waals surface area contributed by atoms with Crippen molar-refractivity contribution in [3.63, 3.8) is 0 Å². The van der Waals surface area contributed by atoms with E-state index in [0.717, 1.165) is 13.2 Å². The van der Waals surface area contributed by atoms with Crippen LogP contribution in [0.15, 0.2) is 0 Å². The molecule has 1 aliphatic heterocycles. The van der Waals surface area contributed by atoms with Crippen molar-refractivity contribution in [3.8, 4) is 0 Å². The van der Waals surface area contributed by atoms with Gasteiger partial charge in [-0.05, 0) is 6.92 Å². The summed E-state index contributed by atoms with van der Waals surface area (Å²) in [5, 5.41) is 5.06. The van der Waals surface area contributed by atoms with Crippen molar-refractivity contribution in [1.29, 1.82) is 0 Å². The summed E-state index contributed by atoms with van der Waals surface area (Å²) in [5.74, 6) is 0. The van der Waals surface area contributed by atoms with Crippen LogP contribution in [-0.4, -0.2) is 31.4 Å². The molecule has 1 heterocycles. The van der Waals surface area contributed by atoms with Crippen LogP contribution in [0, 0.1) is 0 Å². The highest BCUT2D eigenvalue weighted by atomic mass is 16.7. The average molecular weight is 116 g/mol. The fraction of sp³-hybridized carbons (Fsp3) is 1.00.